The Labute approximate surface area is 187 Å². The van der Waals surface area contributed by atoms with Crippen molar-refractivity contribution in [2.24, 2.45) is 0 Å². The van der Waals surface area contributed by atoms with E-state index < -0.39 is 0 Å². The zero-order valence-electron chi connectivity index (χ0n) is 18.4. The third-order valence-electron chi connectivity index (χ3n) is 6.24. The molecule has 0 saturated carbocycles. The van der Waals surface area contributed by atoms with Gasteiger partial charge in [0, 0.05) is 42.2 Å². The number of amides is 1. The summed E-state index contributed by atoms with van der Waals surface area (Å²) in [5.41, 5.74) is 2.93. The number of para-hydroxylation sites is 1. The molecular formula is C24H26N6O2. The molecule has 5 rings (SSSR count). The zero-order valence-corrected chi connectivity index (χ0v) is 18.4. The first-order chi connectivity index (χ1) is 15.7. The first-order valence-electron chi connectivity index (χ1n) is 11.0. The monoisotopic (exact) mass is 430 g/mol. The molecule has 1 amide bonds. The van der Waals surface area contributed by atoms with Gasteiger partial charge in [-0.05, 0) is 38.3 Å². The van der Waals surface area contributed by atoms with Crippen LogP contribution >= 0.6 is 0 Å². The molecule has 32 heavy (non-hydrogen) atoms. The highest BCUT2D eigenvalue weighted by molar-refractivity contribution is 5.95. The van der Waals surface area contributed by atoms with Crippen molar-refractivity contribution in [1.82, 2.24) is 19.9 Å². The van der Waals surface area contributed by atoms with Crippen LogP contribution in [0.15, 0.2) is 42.7 Å². The second-order valence-corrected chi connectivity index (χ2v) is 8.16. The molecule has 0 unspecified atom stereocenters. The third-order valence-corrected chi connectivity index (χ3v) is 6.24. The van der Waals surface area contributed by atoms with Crippen molar-refractivity contribution in [3.05, 3.63) is 65.4 Å². The van der Waals surface area contributed by atoms with E-state index in [0.717, 1.165) is 53.6 Å². The minimum absolute atomic E-state index is 0.00783. The van der Waals surface area contributed by atoms with E-state index in [4.69, 9.17) is 14.7 Å². The molecule has 8 nitrogen and oxygen atoms in total. The van der Waals surface area contributed by atoms with Crippen LogP contribution in [0.2, 0.25) is 0 Å². The van der Waals surface area contributed by atoms with Gasteiger partial charge in [-0.15, -0.1) is 0 Å². The Bertz CT molecular complexity index is 1140. The number of carbonyl (C=O) groups is 1. The summed E-state index contributed by atoms with van der Waals surface area (Å²) in [6, 6.07) is 9.60. The van der Waals surface area contributed by atoms with E-state index in [-0.39, 0.29) is 11.9 Å². The van der Waals surface area contributed by atoms with Crippen molar-refractivity contribution < 1.29 is 9.53 Å². The molecule has 3 aromatic rings. The average Bonchev–Trinajstić information content (AvgIpc) is 3.32. The first-order valence-corrected chi connectivity index (χ1v) is 11.0. The number of hydrogen-bond donors (Lipinski definition) is 0. The number of nitrogens with zero attached hydrogens (tertiary/aromatic N) is 6. The van der Waals surface area contributed by atoms with Crippen molar-refractivity contribution in [3.63, 3.8) is 0 Å². The van der Waals surface area contributed by atoms with Gasteiger partial charge in [0.05, 0.1) is 19.7 Å². The lowest BCUT2D eigenvalue weighted by Gasteiger charge is -2.31. The highest BCUT2D eigenvalue weighted by atomic mass is 16.5. The predicted octanol–water partition coefficient (Wildman–Crippen LogP) is 3.40. The van der Waals surface area contributed by atoms with Crippen molar-refractivity contribution in [1.29, 1.82) is 0 Å². The molecule has 0 spiro atoms. The number of carbonyl (C=O) groups excluding carboxylic acids is 1. The normalized spacial score (nSPS) is 18.1. The predicted molar refractivity (Wildman–Crippen MR) is 121 cm³/mol. The van der Waals surface area contributed by atoms with E-state index in [0.29, 0.717) is 25.3 Å². The van der Waals surface area contributed by atoms with E-state index in [2.05, 4.69) is 14.9 Å². The number of aromatic nitrogens is 4. The molecule has 0 bridgehead atoms. The van der Waals surface area contributed by atoms with Crippen LogP contribution in [0.3, 0.4) is 0 Å². The van der Waals surface area contributed by atoms with Gasteiger partial charge in [-0.25, -0.2) is 19.9 Å². The van der Waals surface area contributed by atoms with Crippen molar-refractivity contribution in [2.75, 3.05) is 23.5 Å². The van der Waals surface area contributed by atoms with Gasteiger partial charge in [0.2, 0.25) is 11.9 Å². The minimum Gasteiger partial charge on any atom is -0.496 e. The SMILES string of the molecule is COc1ccccc1CN1C(=O)CCc2c(C)nc([C@H]3CCCN3c3ncccn3)nc21. The maximum absolute atomic E-state index is 13.0. The number of benzene rings is 1. The second-order valence-electron chi connectivity index (χ2n) is 8.16. The molecule has 0 radical (unpaired) electrons. The van der Waals surface area contributed by atoms with Crippen LogP contribution in [0.25, 0.3) is 0 Å². The molecule has 1 aromatic carbocycles. The lowest BCUT2D eigenvalue weighted by atomic mass is 10.0. The highest BCUT2D eigenvalue weighted by Crippen LogP contribution is 2.36. The van der Waals surface area contributed by atoms with Crippen LogP contribution in [0.1, 0.15) is 47.9 Å². The maximum Gasteiger partial charge on any atom is 0.228 e. The van der Waals surface area contributed by atoms with E-state index >= 15 is 0 Å². The fraction of sp³-hybridized carbons (Fsp3) is 0.375. The summed E-state index contributed by atoms with van der Waals surface area (Å²) in [5.74, 6) is 2.97. The maximum atomic E-state index is 13.0. The summed E-state index contributed by atoms with van der Waals surface area (Å²) >= 11 is 0. The molecule has 0 aliphatic carbocycles. The average molecular weight is 431 g/mol. The summed E-state index contributed by atoms with van der Waals surface area (Å²) < 4.78 is 5.51. The second kappa shape index (κ2) is 8.53. The minimum atomic E-state index is -0.00783. The lowest BCUT2D eigenvalue weighted by Crippen LogP contribution is -2.37. The Morgan fingerprint density at radius 3 is 2.72 bits per heavy atom. The Morgan fingerprint density at radius 1 is 1.09 bits per heavy atom. The molecule has 1 saturated heterocycles. The third kappa shape index (κ3) is 3.66. The fourth-order valence-electron chi connectivity index (χ4n) is 4.63. The Morgan fingerprint density at radius 2 is 1.91 bits per heavy atom. The molecule has 164 valence electrons. The van der Waals surface area contributed by atoms with Gasteiger partial charge in [0.15, 0.2) is 5.82 Å². The topological polar surface area (TPSA) is 84.3 Å². The molecule has 1 fully saturated rings. The van der Waals surface area contributed by atoms with E-state index in [9.17, 15) is 4.79 Å². The van der Waals surface area contributed by atoms with Gasteiger partial charge in [-0.3, -0.25) is 9.69 Å². The zero-order chi connectivity index (χ0) is 22.1. The van der Waals surface area contributed by atoms with Crippen LogP contribution in [-0.2, 0) is 17.8 Å². The van der Waals surface area contributed by atoms with E-state index in [1.807, 2.05) is 37.3 Å². The van der Waals surface area contributed by atoms with Crippen LogP contribution in [0.4, 0.5) is 11.8 Å². The molecule has 2 aliphatic heterocycles. The summed E-state index contributed by atoms with van der Waals surface area (Å²) in [6.45, 7) is 3.29. The largest absolute Gasteiger partial charge is 0.496 e. The number of ether oxygens (including phenoxy) is 1. The van der Waals surface area contributed by atoms with E-state index in [1.165, 1.54) is 0 Å². The van der Waals surface area contributed by atoms with E-state index in [1.54, 1.807) is 24.4 Å². The van der Waals surface area contributed by atoms with Crippen molar-refractivity contribution >= 4 is 17.7 Å². The molecule has 4 heterocycles. The van der Waals surface area contributed by atoms with Gasteiger partial charge >= 0.3 is 0 Å². The Kier molecular flexibility index (Phi) is 5.43. The molecular weight excluding hydrogens is 404 g/mol. The molecule has 2 aliphatic rings. The number of methoxy groups -OCH3 is 1. The number of hydrogen-bond acceptors (Lipinski definition) is 7. The Hall–Kier alpha value is -3.55. The summed E-state index contributed by atoms with van der Waals surface area (Å²) in [5, 5.41) is 0. The van der Waals surface area contributed by atoms with Gasteiger partial charge in [-0.2, -0.15) is 0 Å². The highest BCUT2D eigenvalue weighted by Gasteiger charge is 2.34. The summed E-state index contributed by atoms with van der Waals surface area (Å²) in [4.78, 5) is 35.6. The molecule has 0 N–H and O–H groups in total. The number of fused-ring (bicyclic) bond motifs is 1. The molecule has 1 atom stereocenters. The van der Waals surface area contributed by atoms with Crippen LogP contribution in [0.5, 0.6) is 5.75 Å². The first kappa shape index (κ1) is 20.4. The summed E-state index contributed by atoms with van der Waals surface area (Å²) in [7, 11) is 1.65. The van der Waals surface area contributed by atoms with Crippen molar-refractivity contribution in [2.45, 2.75) is 45.2 Å². The quantitative estimate of drug-likeness (QED) is 0.613. The number of anilines is 2. The summed E-state index contributed by atoms with van der Waals surface area (Å²) in [6.07, 6.45) is 6.58. The van der Waals surface area contributed by atoms with Crippen LogP contribution < -0.4 is 14.5 Å². The molecule has 8 heteroatoms. The van der Waals surface area contributed by atoms with Crippen LogP contribution in [-0.4, -0.2) is 39.5 Å². The van der Waals surface area contributed by atoms with Gasteiger partial charge < -0.3 is 9.64 Å². The number of aryl methyl sites for hydroxylation is 1. The standard InChI is InChI=1S/C24H26N6O2/c1-16-18-10-11-21(31)30(15-17-7-3-4-9-20(17)32-2)23(18)28-22(27-16)19-8-5-14-29(19)24-25-12-6-13-26-24/h3-4,6-7,9,12-13,19H,5,8,10-11,14-15H2,1-2H3/t19-/m1/s1. The Balaban J connectivity index is 1.53. The van der Waals surface area contributed by atoms with Crippen LogP contribution in [0, 0.1) is 6.92 Å². The van der Waals surface area contributed by atoms with Gasteiger partial charge in [0.25, 0.3) is 0 Å². The lowest BCUT2D eigenvalue weighted by molar-refractivity contribution is -0.119. The van der Waals surface area contributed by atoms with Gasteiger partial charge in [-0.1, -0.05) is 18.2 Å². The fourth-order valence-corrected chi connectivity index (χ4v) is 4.63. The van der Waals surface area contributed by atoms with Crippen molar-refractivity contribution in [3.8, 4) is 5.75 Å². The number of rotatable bonds is 5. The molecule has 2 aromatic heterocycles. The smallest absolute Gasteiger partial charge is 0.228 e. The van der Waals surface area contributed by atoms with Gasteiger partial charge in [0.1, 0.15) is 11.6 Å².